The van der Waals surface area contributed by atoms with Gasteiger partial charge in [0.15, 0.2) is 0 Å². The lowest BCUT2D eigenvalue weighted by Crippen LogP contribution is -2.44. The first-order valence-electron chi connectivity index (χ1n) is 5.95. The molecule has 0 aromatic heterocycles. The largest absolute Gasteiger partial charge is 0.374 e. The predicted octanol–water partition coefficient (Wildman–Crippen LogP) is 1.02. The molecule has 0 spiro atoms. The zero-order valence-corrected chi connectivity index (χ0v) is 10.3. The summed E-state index contributed by atoms with van der Waals surface area (Å²) in [5.41, 5.74) is 1.07. The summed E-state index contributed by atoms with van der Waals surface area (Å²) < 4.78 is 5.62. The lowest BCUT2D eigenvalue weighted by molar-refractivity contribution is -0.384. The molecular weight excluding hydrogens is 234 g/mol. The molecule has 1 N–H and O–H groups in total. The fraction of sp³-hybridized carbons (Fsp3) is 0.500. The van der Waals surface area contributed by atoms with Gasteiger partial charge in [0, 0.05) is 44.5 Å². The number of rotatable bonds is 4. The van der Waals surface area contributed by atoms with Crippen LogP contribution in [0.4, 0.5) is 11.4 Å². The van der Waals surface area contributed by atoms with Gasteiger partial charge in [0.1, 0.15) is 0 Å². The van der Waals surface area contributed by atoms with Gasteiger partial charge in [0.05, 0.1) is 17.6 Å². The van der Waals surface area contributed by atoms with Crippen LogP contribution in [-0.4, -0.2) is 44.3 Å². The average molecular weight is 251 g/mol. The van der Waals surface area contributed by atoms with Crippen molar-refractivity contribution in [2.75, 3.05) is 38.2 Å². The van der Waals surface area contributed by atoms with E-state index in [1.165, 1.54) is 12.1 Å². The quantitative estimate of drug-likeness (QED) is 0.639. The normalized spacial score (nSPS) is 19.5. The van der Waals surface area contributed by atoms with Gasteiger partial charge in [-0.25, -0.2) is 0 Å². The number of benzene rings is 1. The molecule has 18 heavy (non-hydrogen) atoms. The zero-order chi connectivity index (χ0) is 13.0. The van der Waals surface area contributed by atoms with Crippen molar-refractivity contribution in [1.29, 1.82) is 0 Å². The summed E-state index contributed by atoms with van der Waals surface area (Å²) in [5, 5.41) is 13.8. The third-order valence-corrected chi connectivity index (χ3v) is 2.98. The molecule has 2 rings (SSSR count). The van der Waals surface area contributed by atoms with Crippen molar-refractivity contribution < 1.29 is 9.66 Å². The van der Waals surface area contributed by atoms with E-state index in [0.717, 1.165) is 31.9 Å². The van der Waals surface area contributed by atoms with E-state index < -0.39 is 4.92 Å². The van der Waals surface area contributed by atoms with Gasteiger partial charge in [-0.3, -0.25) is 10.1 Å². The van der Waals surface area contributed by atoms with Crippen molar-refractivity contribution in [3.63, 3.8) is 0 Å². The first kappa shape index (κ1) is 12.8. The minimum absolute atomic E-state index is 0.114. The number of hydrogen-bond acceptors (Lipinski definition) is 5. The minimum Gasteiger partial charge on any atom is -0.374 e. The van der Waals surface area contributed by atoms with Gasteiger partial charge in [-0.05, 0) is 12.1 Å². The number of anilines is 1. The lowest BCUT2D eigenvalue weighted by Gasteiger charge is -2.29. The van der Waals surface area contributed by atoms with Crippen molar-refractivity contribution in [1.82, 2.24) is 5.32 Å². The molecule has 0 bridgehead atoms. The number of ether oxygens (including phenoxy) is 1. The van der Waals surface area contributed by atoms with Crippen LogP contribution in [0.15, 0.2) is 24.3 Å². The summed E-state index contributed by atoms with van der Waals surface area (Å²) in [4.78, 5) is 12.2. The molecule has 0 saturated carbocycles. The van der Waals surface area contributed by atoms with E-state index in [9.17, 15) is 10.1 Å². The van der Waals surface area contributed by atoms with Gasteiger partial charge >= 0.3 is 0 Å². The number of hydrogen-bond donors (Lipinski definition) is 1. The summed E-state index contributed by atoms with van der Waals surface area (Å²) in [7, 11) is 1.96. The van der Waals surface area contributed by atoms with Crippen LogP contribution in [0.2, 0.25) is 0 Å². The second-order valence-electron chi connectivity index (χ2n) is 4.35. The van der Waals surface area contributed by atoms with E-state index in [0.29, 0.717) is 0 Å². The van der Waals surface area contributed by atoms with Crippen molar-refractivity contribution in [3.8, 4) is 0 Å². The molecule has 1 unspecified atom stereocenters. The third kappa shape index (κ3) is 3.18. The highest BCUT2D eigenvalue weighted by Gasteiger charge is 2.16. The lowest BCUT2D eigenvalue weighted by atomic mass is 10.2. The van der Waals surface area contributed by atoms with Crippen LogP contribution < -0.4 is 10.2 Å². The predicted molar refractivity (Wildman–Crippen MR) is 69.0 cm³/mol. The van der Waals surface area contributed by atoms with Crippen molar-refractivity contribution in [2.24, 2.45) is 0 Å². The molecule has 6 nitrogen and oxygen atoms in total. The maximum Gasteiger partial charge on any atom is 0.269 e. The molecule has 1 aliphatic heterocycles. The molecule has 1 atom stereocenters. The number of nitro groups is 1. The third-order valence-electron chi connectivity index (χ3n) is 2.98. The Bertz CT molecular complexity index is 402. The molecular formula is C12H17N3O3. The highest BCUT2D eigenvalue weighted by molar-refractivity contribution is 5.50. The van der Waals surface area contributed by atoms with Crippen molar-refractivity contribution >= 4 is 11.4 Å². The molecule has 6 heteroatoms. The number of non-ortho nitro benzene ring substituents is 1. The fourth-order valence-electron chi connectivity index (χ4n) is 1.98. The van der Waals surface area contributed by atoms with Crippen LogP contribution in [0, 0.1) is 10.1 Å². The second kappa shape index (κ2) is 5.79. The van der Waals surface area contributed by atoms with Crippen LogP contribution >= 0.6 is 0 Å². The molecule has 1 aromatic carbocycles. The van der Waals surface area contributed by atoms with E-state index in [4.69, 9.17) is 4.74 Å². The fourth-order valence-corrected chi connectivity index (χ4v) is 1.98. The number of likely N-dealkylation sites (N-methyl/N-ethyl adjacent to an activating group) is 1. The van der Waals surface area contributed by atoms with E-state index in [2.05, 4.69) is 5.32 Å². The molecule has 1 aromatic rings. The maximum atomic E-state index is 10.6. The minimum atomic E-state index is -0.391. The smallest absolute Gasteiger partial charge is 0.269 e. The Morgan fingerprint density at radius 2 is 2.22 bits per heavy atom. The van der Waals surface area contributed by atoms with Gasteiger partial charge in [0.2, 0.25) is 0 Å². The Labute approximate surface area is 106 Å². The van der Waals surface area contributed by atoms with Gasteiger partial charge in [-0.15, -0.1) is 0 Å². The van der Waals surface area contributed by atoms with Crippen molar-refractivity contribution in [2.45, 2.75) is 6.10 Å². The number of morpholine rings is 1. The van der Waals surface area contributed by atoms with E-state index in [-0.39, 0.29) is 11.8 Å². The highest BCUT2D eigenvalue weighted by Crippen LogP contribution is 2.18. The number of nitrogens with zero attached hydrogens (tertiary/aromatic N) is 2. The second-order valence-corrected chi connectivity index (χ2v) is 4.35. The molecule has 1 heterocycles. The van der Waals surface area contributed by atoms with E-state index in [1.807, 2.05) is 11.9 Å². The van der Waals surface area contributed by atoms with Crippen molar-refractivity contribution in [3.05, 3.63) is 34.4 Å². The summed E-state index contributed by atoms with van der Waals surface area (Å²) in [6, 6.07) is 6.56. The first-order valence-corrected chi connectivity index (χ1v) is 5.95. The molecule has 0 amide bonds. The topological polar surface area (TPSA) is 67.6 Å². The molecule has 1 fully saturated rings. The summed E-state index contributed by atoms with van der Waals surface area (Å²) >= 11 is 0. The molecule has 98 valence electrons. The monoisotopic (exact) mass is 251 g/mol. The molecule has 0 radical (unpaired) electrons. The molecule has 1 aliphatic rings. The summed E-state index contributed by atoms with van der Waals surface area (Å²) in [5.74, 6) is 0. The standard InChI is InChI=1S/C12H17N3O3/c1-14(9-12-8-13-6-7-18-12)10-2-4-11(5-3-10)15(16)17/h2-5,12-13H,6-9H2,1H3. The van der Waals surface area contributed by atoms with Crippen LogP contribution in [-0.2, 0) is 4.74 Å². The SMILES string of the molecule is CN(CC1CNCCO1)c1ccc([N+](=O)[O-])cc1. The van der Waals surface area contributed by atoms with Gasteiger partial charge in [-0.1, -0.05) is 0 Å². The van der Waals surface area contributed by atoms with Crippen LogP contribution in [0.3, 0.4) is 0 Å². The van der Waals surface area contributed by atoms with Gasteiger partial charge < -0.3 is 15.0 Å². The van der Waals surface area contributed by atoms with Crippen LogP contribution in [0.25, 0.3) is 0 Å². The van der Waals surface area contributed by atoms with Gasteiger partial charge in [-0.2, -0.15) is 0 Å². The Morgan fingerprint density at radius 3 is 2.78 bits per heavy atom. The van der Waals surface area contributed by atoms with E-state index >= 15 is 0 Å². The Hall–Kier alpha value is -1.66. The number of nitro benzene ring substituents is 1. The number of nitrogens with one attached hydrogen (secondary N) is 1. The zero-order valence-electron chi connectivity index (χ0n) is 10.3. The van der Waals surface area contributed by atoms with Gasteiger partial charge in [0.25, 0.3) is 5.69 Å². The summed E-state index contributed by atoms with van der Waals surface area (Å²) in [6.07, 6.45) is 0.166. The Balaban J connectivity index is 1.95. The maximum absolute atomic E-state index is 10.6. The molecule has 1 saturated heterocycles. The highest BCUT2D eigenvalue weighted by atomic mass is 16.6. The summed E-state index contributed by atoms with van der Waals surface area (Å²) in [6.45, 7) is 3.25. The molecule has 0 aliphatic carbocycles. The van der Waals surface area contributed by atoms with Crippen LogP contribution in [0.5, 0.6) is 0 Å². The Kier molecular flexibility index (Phi) is 4.11. The Morgan fingerprint density at radius 1 is 1.50 bits per heavy atom. The van der Waals surface area contributed by atoms with Crippen LogP contribution in [0.1, 0.15) is 0 Å². The van der Waals surface area contributed by atoms with E-state index in [1.54, 1.807) is 12.1 Å². The average Bonchev–Trinajstić information content (AvgIpc) is 2.40. The first-order chi connectivity index (χ1) is 8.66.